The fraction of sp³-hybridized carbons (Fsp3) is 0.200. The molecule has 0 amide bonds. The van der Waals surface area contributed by atoms with Crippen LogP contribution in [0.1, 0.15) is 11.1 Å². The summed E-state index contributed by atoms with van der Waals surface area (Å²) in [5.74, 6) is 1.07. The zero-order valence-electron chi connectivity index (χ0n) is 10.7. The molecular formula is C15H16ClNO2. The summed E-state index contributed by atoms with van der Waals surface area (Å²) in [4.78, 5) is 0. The second-order valence-electron chi connectivity index (χ2n) is 4.24. The number of phenols is 1. The molecule has 0 saturated carbocycles. The van der Waals surface area contributed by atoms with Gasteiger partial charge in [-0.05, 0) is 42.9 Å². The third kappa shape index (κ3) is 3.88. The molecule has 0 fully saturated rings. The maximum Gasteiger partial charge on any atom is 0.124 e. The number of aromatic hydroxyl groups is 1. The highest BCUT2D eigenvalue weighted by Gasteiger charge is 2.04. The predicted octanol–water partition coefficient (Wildman–Crippen LogP) is 3.34. The highest BCUT2D eigenvalue weighted by molar-refractivity contribution is 6.30. The van der Waals surface area contributed by atoms with Gasteiger partial charge in [0.15, 0.2) is 0 Å². The Bertz CT molecular complexity index is 540. The summed E-state index contributed by atoms with van der Waals surface area (Å²) in [6.07, 6.45) is 0. The molecule has 0 aliphatic rings. The van der Waals surface area contributed by atoms with Crippen LogP contribution in [0.3, 0.4) is 0 Å². The van der Waals surface area contributed by atoms with Crippen LogP contribution in [0.25, 0.3) is 0 Å². The van der Waals surface area contributed by atoms with Crippen molar-refractivity contribution in [2.24, 2.45) is 0 Å². The van der Waals surface area contributed by atoms with Gasteiger partial charge < -0.3 is 15.2 Å². The molecule has 0 spiro atoms. The van der Waals surface area contributed by atoms with Gasteiger partial charge in [-0.1, -0.05) is 23.7 Å². The first kappa shape index (κ1) is 13.7. The smallest absolute Gasteiger partial charge is 0.124 e. The van der Waals surface area contributed by atoms with Gasteiger partial charge in [0.1, 0.15) is 18.1 Å². The normalized spacial score (nSPS) is 10.4. The third-order valence-electron chi connectivity index (χ3n) is 2.72. The number of hydrogen-bond acceptors (Lipinski definition) is 3. The lowest BCUT2D eigenvalue weighted by Crippen LogP contribution is -2.07. The first-order chi connectivity index (χ1) is 9.19. The van der Waals surface area contributed by atoms with E-state index < -0.39 is 0 Å². The molecule has 0 unspecified atom stereocenters. The zero-order chi connectivity index (χ0) is 13.7. The summed E-state index contributed by atoms with van der Waals surface area (Å²) in [6, 6.07) is 12.5. The number of phenolic OH excluding ortho intramolecular Hbond substituents is 1. The van der Waals surface area contributed by atoms with Crippen LogP contribution >= 0.6 is 11.6 Å². The Kier molecular flexibility index (Phi) is 4.66. The fourth-order valence-electron chi connectivity index (χ4n) is 1.77. The first-order valence-electron chi connectivity index (χ1n) is 6.03. The van der Waals surface area contributed by atoms with E-state index in [4.69, 9.17) is 16.3 Å². The SMILES string of the molecule is CNCc1cc(Cl)ccc1OCc1ccc(O)cc1. The summed E-state index contributed by atoms with van der Waals surface area (Å²) >= 11 is 5.98. The molecule has 0 heterocycles. The van der Waals surface area contributed by atoms with E-state index in [0.29, 0.717) is 18.2 Å². The first-order valence-corrected chi connectivity index (χ1v) is 6.40. The molecule has 0 saturated heterocycles. The lowest BCUT2D eigenvalue weighted by atomic mass is 10.2. The van der Waals surface area contributed by atoms with Crippen LogP contribution in [0.2, 0.25) is 5.02 Å². The quantitative estimate of drug-likeness (QED) is 0.881. The highest BCUT2D eigenvalue weighted by Crippen LogP contribution is 2.24. The van der Waals surface area contributed by atoms with E-state index in [0.717, 1.165) is 16.9 Å². The minimum atomic E-state index is 0.256. The topological polar surface area (TPSA) is 41.5 Å². The molecule has 0 bridgehead atoms. The lowest BCUT2D eigenvalue weighted by Gasteiger charge is -2.12. The molecule has 2 aromatic carbocycles. The Morgan fingerprint density at radius 2 is 1.89 bits per heavy atom. The molecule has 0 atom stereocenters. The van der Waals surface area contributed by atoms with Gasteiger partial charge in [0.25, 0.3) is 0 Å². The van der Waals surface area contributed by atoms with Gasteiger partial charge in [-0.25, -0.2) is 0 Å². The van der Waals surface area contributed by atoms with Crippen molar-refractivity contribution < 1.29 is 9.84 Å². The van der Waals surface area contributed by atoms with E-state index in [1.165, 1.54) is 0 Å². The van der Waals surface area contributed by atoms with Gasteiger partial charge in [0.2, 0.25) is 0 Å². The monoisotopic (exact) mass is 277 g/mol. The second kappa shape index (κ2) is 6.45. The zero-order valence-corrected chi connectivity index (χ0v) is 11.4. The van der Waals surface area contributed by atoms with E-state index in [1.54, 1.807) is 12.1 Å². The molecule has 100 valence electrons. The summed E-state index contributed by atoms with van der Waals surface area (Å²) in [5.41, 5.74) is 2.02. The van der Waals surface area contributed by atoms with Crippen LogP contribution in [-0.4, -0.2) is 12.2 Å². The van der Waals surface area contributed by atoms with Gasteiger partial charge in [0, 0.05) is 17.1 Å². The summed E-state index contributed by atoms with van der Waals surface area (Å²) in [6.45, 7) is 1.16. The lowest BCUT2D eigenvalue weighted by molar-refractivity contribution is 0.302. The number of halogens is 1. The summed E-state index contributed by atoms with van der Waals surface area (Å²) in [7, 11) is 1.88. The van der Waals surface area contributed by atoms with Crippen molar-refractivity contribution in [1.82, 2.24) is 5.32 Å². The maximum absolute atomic E-state index is 9.22. The van der Waals surface area contributed by atoms with Crippen molar-refractivity contribution >= 4 is 11.6 Å². The van der Waals surface area contributed by atoms with Crippen LogP contribution in [0.15, 0.2) is 42.5 Å². The van der Waals surface area contributed by atoms with Gasteiger partial charge in [-0.3, -0.25) is 0 Å². The predicted molar refractivity (Wildman–Crippen MR) is 76.7 cm³/mol. The standard InChI is InChI=1S/C15H16ClNO2/c1-17-9-12-8-13(16)4-7-15(12)19-10-11-2-5-14(18)6-3-11/h2-8,17-18H,9-10H2,1H3. The number of benzene rings is 2. The Hall–Kier alpha value is -1.71. The molecule has 4 heteroatoms. The van der Waals surface area contributed by atoms with E-state index in [2.05, 4.69) is 5.32 Å². The average molecular weight is 278 g/mol. The molecule has 2 aromatic rings. The van der Waals surface area contributed by atoms with Gasteiger partial charge >= 0.3 is 0 Å². The second-order valence-corrected chi connectivity index (χ2v) is 4.67. The van der Waals surface area contributed by atoms with Gasteiger partial charge in [-0.15, -0.1) is 0 Å². The molecule has 0 radical (unpaired) electrons. The minimum Gasteiger partial charge on any atom is -0.508 e. The fourth-order valence-corrected chi connectivity index (χ4v) is 1.97. The molecule has 0 aromatic heterocycles. The summed E-state index contributed by atoms with van der Waals surface area (Å²) in [5, 5.41) is 13.0. The Balaban J connectivity index is 2.08. The van der Waals surface area contributed by atoms with Crippen LogP contribution in [0.5, 0.6) is 11.5 Å². The molecule has 3 nitrogen and oxygen atoms in total. The van der Waals surface area contributed by atoms with Crippen LogP contribution in [0.4, 0.5) is 0 Å². The van der Waals surface area contributed by atoms with E-state index in [1.807, 2.05) is 37.4 Å². The largest absolute Gasteiger partial charge is 0.508 e. The van der Waals surface area contributed by atoms with Crippen LogP contribution < -0.4 is 10.1 Å². The highest BCUT2D eigenvalue weighted by atomic mass is 35.5. The van der Waals surface area contributed by atoms with Crippen molar-refractivity contribution in [2.75, 3.05) is 7.05 Å². The van der Waals surface area contributed by atoms with Crippen LogP contribution in [-0.2, 0) is 13.2 Å². The minimum absolute atomic E-state index is 0.256. The van der Waals surface area contributed by atoms with Crippen LogP contribution in [0, 0.1) is 0 Å². The average Bonchev–Trinajstić information content (AvgIpc) is 2.40. The van der Waals surface area contributed by atoms with E-state index >= 15 is 0 Å². The molecular weight excluding hydrogens is 262 g/mol. The van der Waals surface area contributed by atoms with Crippen molar-refractivity contribution in [3.8, 4) is 11.5 Å². The molecule has 0 aliphatic heterocycles. The van der Waals surface area contributed by atoms with Crippen molar-refractivity contribution in [2.45, 2.75) is 13.2 Å². The third-order valence-corrected chi connectivity index (χ3v) is 2.96. The molecule has 2 N–H and O–H groups in total. The molecule has 19 heavy (non-hydrogen) atoms. The maximum atomic E-state index is 9.22. The molecule has 2 rings (SSSR count). The number of hydrogen-bond donors (Lipinski definition) is 2. The summed E-state index contributed by atoms with van der Waals surface area (Å²) < 4.78 is 5.79. The van der Waals surface area contributed by atoms with Crippen molar-refractivity contribution in [1.29, 1.82) is 0 Å². The Morgan fingerprint density at radius 1 is 1.16 bits per heavy atom. The van der Waals surface area contributed by atoms with Crippen molar-refractivity contribution in [3.63, 3.8) is 0 Å². The number of ether oxygens (including phenoxy) is 1. The van der Waals surface area contributed by atoms with E-state index in [-0.39, 0.29) is 5.75 Å². The van der Waals surface area contributed by atoms with E-state index in [9.17, 15) is 5.11 Å². The van der Waals surface area contributed by atoms with Gasteiger partial charge in [-0.2, -0.15) is 0 Å². The number of rotatable bonds is 5. The Morgan fingerprint density at radius 3 is 2.58 bits per heavy atom. The van der Waals surface area contributed by atoms with Crippen molar-refractivity contribution in [3.05, 3.63) is 58.6 Å². The Labute approximate surface area is 117 Å². The van der Waals surface area contributed by atoms with Gasteiger partial charge in [0.05, 0.1) is 0 Å². The molecule has 0 aliphatic carbocycles. The number of nitrogens with one attached hydrogen (secondary N) is 1.